The van der Waals surface area contributed by atoms with E-state index in [1.165, 1.54) is 18.2 Å². The van der Waals surface area contributed by atoms with Crippen LogP contribution in [0.15, 0.2) is 75.9 Å². The Labute approximate surface area is 225 Å². The number of benzene rings is 2. The number of aromatic nitrogens is 2. The van der Waals surface area contributed by atoms with Crippen LogP contribution in [0.2, 0.25) is 5.02 Å². The van der Waals surface area contributed by atoms with E-state index in [9.17, 15) is 4.79 Å². The monoisotopic (exact) mass is 529 g/mol. The number of carbonyl (C=O) groups is 1. The number of nitrogens with one attached hydrogen (secondary N) is 1. The highest BCUT2D eigenvalue weighted by Gasteiger charge is 2.60. The molecule has 3 aliphatic rings. The van der Waals surface area contributed by atoms with Crippen molar-refractivity contribution in [3.05, 3.63) is 76.3 Å². The largest absolute Gasteiger partial charge is 0.299 e. The minimum absolute atomic E-state index is 0.0766. The van der Waals surface area contributed by atoms with E-state index < -0.39 is 0 Å². The van der Waals surface area contributed by atoms with Gasteiger partial charge in [0, 0.05) is 33.5 Å². The Kier molecular flexibility index (Phi) is 5.88. The van der Waals surface area contributed by atoms with Gasteiger partial charge in [0.15, 0.2) is 5.17 Å². The SMILES string of the molecule is CC12CCC(CC1=N/N=C1\NC(=O)C(=Cc3cn(-c4ccccc4)nc3-c3ccc(Cl)cc3)S1)C2(C)C. The Bertz CT molecular complexity index is 1470. The number of fused-ring (bicyclic) bond motifs is 2. The number of hydrogen-bond donors (Lipinski definition) is 1. The van der Waals surface area contributed by atoms with E-state index >= 15 is 0 Å². The number of amides is 1. The normalized spacial score (nSPS) is 27.5. The summed E-state index contributed by atoms with van der Waals surface area (Å²) in [5.41, 5.74) is 4.92. The molecule has 1 amide bonds. The maximum absolute atomic E-state index is 12.9. The maximum Gasteiger partial charge on any atom is 0.264 e. The van der Waals surface area contributed by atoms with Crippen LogP contribution in [0.5, 0.6) is 0 Å². The molecule has 3 aromatic rings. The minimum atomic E-state index is -0.182. The topological polar surface area (TPSA) is 71.6 Å². The van der Waals surface area contributed by atoms with Crippen LogP contribution >= 0.6 is 23.4 Å². The summed E-state index contributed by atoms with van der Waals surface area (Å²) in [6.45, 7) is 7.01. The zero-order chi connectivity index (χ0) is 25.8. The van der Waals surface area contributed by atoms with Gasteiger partial charge in [-0.25, -0.2) is 4.68 Å². The molecule has 1 N–H and O–H groups in total. The van der Waals surface area contributed by atoms with Crippen molar-refractivity contribution in [1.29, 1.82) is 0 Å². The van der Waals surface area contributed by atoms with Crippen molar-refractivity contribution in [1.82, 2.24) is 15.1 Å². The molecule has 37 heavy (non-hydrogen) atoms. The molecule has 0 radical (unpaired) electrons. The standard InChI is InChI=1S/C29H28ClN5OS/c1-28(2)20-13-14-29(28,3)24(16-20)32-33-27-31-26(36)23(37-27)15-19-17-35(22-7-5-4-6-8-22)34-25(19)18-9-11-21(30)12-10-18/h4-12,15,17,20H,13-14,16H2,1-3H3,(H,31,33,36). The van der Waals surface area contributed by atoms with E-state index in [-0.39, 0.29) is 16.7 Å². The summed E-state index contributed by atoms with van der Waals surface area (Å²) in [5, 5.41) is 18.0. The van der Waals surface area contributed by atoms with Crippen LogP contribution in [-0.4, -0.2) is 26.6 Å². The van der Waals surface area contributed by atoms with Gasteiger partial charge in [0.25, 0.3) is 5.91 Å². The van der Waals surface area contributed by atoms with E-state index in [1.807, 2.05) is 71.6 Å². The molecule has 2 bridgehead atoms. The summed E-state index contributed by atoms with van der Waals surface area (Å²) in [5.74, 6) is 0.475. The number of halogens is 1. The first kappa shape index (κ1) is 24.2. The summed E-state index contributed by atoms with van der Waals surface area (Å²) in [7, 11) is 0. The molecule has 2 heterocycles. The Balaban J connectivity index is 1.32. The average molecular weight is 530 g/mol. The molecule has 3 fully saturated rings. The summed E-state index contributed by atoms with van der Waals surface area (Å²) in [6.07, 6.45) is 7.20. The van der Waals surface area contributed by atoms with Crippen molar-refractivity contribution in [2.75, 3.05) is 0 Å². The minimum Gasteiger partial charge on any atom is -0.299 e. The van der Waals surface area contributed by atoms with Crippen molar-refractivity contribution in [3.63, 3.8) is 0 Å². The molecular weight excluding hydrogens is 502 g/mol. The third-order valence-corrected chi connectivity index (χ3v) is 9.74. The summed E-state index contributed by atoms with van der Waals surface area (Å²) in [6, 6.07) is 17.5. The number of nitrogens with zero attached hydrogens (tertiary/aromatic N) is 4. The van der Waals surface area contributed by atoms with Gasteiger partial charge >= 0.3 is 0 Å². The Morgan fingerprint density at radius 1 is 1.11 bits per heavy atom. The molecule has 2 aromatic carbocycles. The van der Waals surface area contributed by atoms with Crippen molar-refractivity contribution < 1.29 is 4.79 Å². The fourth-order valence-electron chi connectivity index (χ4n) is 5.84. The summed E-state index contributed by atoms with van der Waals surface area (Å²) in [4.78, 5) is 13.4. The summed E-state index contributed by atoms with van der Waals surface area (Å²) < 4.78 is 1.83. The second-order valence-electron chi connectivity index (χ2n) is 10.7. The third-order valence-electron chi connectivity index (χ3n) is 8.59. The fraction of sp³-hybridized carbons (Fsp3) is 0.310. The fourth-order valence-corrected chi connectivity index (χ4v) is 6.73. The molecular formula is C29H28ClN5OS. The predicted molar refractivity (Wildman–Crippen MR) is 152 cm³/mol. The van der Waals surface area contributed by atoms with E-state index in [0.717, 1.165) is 41.1 Å². The van der Waals surface area contributed by atoms with Crippen LogP contribution in [0.25, 0.3) is 23.0 Å². The number of thioether (sulfide) groups is 1. The van der Waals surface area contributed by atoms with Crippen LogP contribution in [0.4, 0.5) is 0 Å². The second-order valence-corrected chi connectivity index (χ2v) is 12.2. The van der Waals surface area contributed by atoms with Gasteiger partial charge in [0.1, 0.15) is 0 Å². The van der Waals surface area contributed by atoms with E-state index in [4.69, 9.17) is 16.7 Å². The van der Waals surface area contributed by atoms with E-state index in [1.54, 1.807) is 0 Å². The van der Waals surface area contributed by atoms with Crippen LogP contribution in [-0.2, 0) is 4.79 Å². The molecule has 0 spiro atoms. The van der Waals surface area contributed by atoms with E-state index in [0.29, 0.717) is 21.0 Å². The molecule has 6 rings (SSSR count). The first-order chi connectivity index (χ1) is 17.7. The number of para-hydroxylation sites is 1. The number of rotatable bonds is 4. The molecule has 1 aliphatic heterocycles. The highest BCUT2D eigenvalue weighted by atomic mass is 35.5. The quantitative estimate of drug-likeness (QED) is 0.293. The summed E-state index contributed by atoms with van der Waals surface area (Å²) >= 11 is 7.43. The lowest BCUT2D eigenvalue weighted by Crippen LogP contribution is -2.32. The van der Waals surface area contributed by atoms with Crippen LogP contribution in [0, 0.1) is 16.7 Å². The highest BCUT2D eigenvalue weighted by molar-refractivity contribution is 8.18. The van der Waals surface area contributed by atoms with Crippen molar-refractivity contribution in [2.24, 2.45) is 27.0 Å². The predicted octanol–water partition coefficient (Wildman–Crippen LogP) is 6.95. The molecule has 8 heteroatoms. The van der Waals surface area contributed by atoms with Crippen LogP contribution < -0.4 is 5.32 Å². The van der Waals surface area contributed by atoms with Crippen molar-refractivity contribution in [2.45, 2.75) is 40.0 Å². The first-order valence-electron chi connectivity index (χ1n) is 12.5. The Morgan fingerprint density at radius 2 is 1.86 bits per heavy atom. The Hall–Kier alpha value is -3.16. The molecule has 2 aliphatic carbocycles. The van der Waals surface area contributed by atoms with E-state index in [2.05, 4.69) is 36.3 Å². The molecule has 2 unspecified atom stereocenters. The second kappa shape index (κ2) is 8.99. The van der Waals surface area contributed by atoms with Crippen molar-refractivity contribution >= 4 is 46.2 Å². The lowest BCUT2D eigenvalue weighted by Gasteiger charge is -2.34. The number of carbonyl (C=O) groups excluding carboxylic acids is 1. The lowest BCUT2D eigenvalue weighted by molar-refractivity contribution is -0.115. The third kappa shape index (κ3) is 4.14. The average Bonchev–Trinajstić information content (AvgIpc) is 3.57. The molecule has 6 nitrogen and oxygen atoms in total. The Morgan fingerprint density at radius 3 is 2.54 bits per heavy atom. The zero-order valence-corrected chi connectivity index (χ0v) is 22.6. The number of hydrogen-bond acceptors (Lipinski definition) is 5. The van der Waals surface area contributed by atoms with Gasteiger partial charge in [-0.05, 0) is 72.7 Å². The molecule has 2 saturated carbocycles. The number of amidine groups is 1. The highest BCUT2D eigenvalue weighted by Crippen LogP contribution is 2.64. The lowest BCUT2D eigenvalue weighted by atomic mass is 9.70. The van der Waals surface area contributed by atoms with Gasteiger partial charge in [-0.15, -0.1) is 5.10 Å². The van der Waals surface area contributed by atoms with Gasteiger partial charge in [0.05, 0.1) is 16.3 Å². The zero-order valence-electron chi connectivity index (χ0n) is 21.0. The first-order valence-corrected chi connectivity index (χ1v) is 13.7. The van der Waals surface area contributed by atoms with Gasteiger partial charge < -0.3 is 0 Å². The van der Waals surface area contributed by atoms with Gasteiger partial charge in [-0.3, -0.25) is 10.1 Å². The van der Waals surface area contributed by atoms with Gasteiger partial charge in [-0.2, -0.15) is 10.2 Å². The van der Waals surface area contributed by atoms with Gasteiger partial charge in [-0.1, -0.05) is 62.7 Å². The van der Waals surface area contributed by atoms with Crippen LogP contribution in [0.3, 0.4) is 0 Å². The van der Waals surface area contributed by atoms with Crippen molar-refractivity contribution in [3.8, 4) is 16.9 Å². The molecule has 188 valence electrons. The maximum atomic E-state index is 12.9. The smallest absolute Gasteiger partial charge is 0.264 e. The van der Waals surface area contributed by atoms with Crippen LogP contribution in [0.1, 0.15) is 45.6 Å². The molecule has 1 saturated heterocycles. The molecule has 1 aromatic heterocycles. The van der Waals surface area contributed by atoms with Gasteiger partial charge in [0.2, 0.25) is 0 Å². The molecule has 2 atom stereocenters.